The molecular formula is C13H20BrNOS. The molecular weight excluding hydrogens is 298 g/mol. The van der Waals surface area contributed by atoms with E-state index < -0.39 is 0 Å². The maximum Gasteiger partial charge on any atom is 0.105 e. The van der Waals surface area contributed by atoms with E-state index in [9.17, 15) is 0 Å². The lowest BCUT2D eigenvalue weighted by molar-refractivity contribution is -0.115. The summed E-state index contributed by atoms with van der Waals surface area (Å²) in [4.78, 5) is 1.30. The van der Waals surface area contributed by atoms with Crippen LogP contribution in [0, 0.1) is 5.92 Å². The summed E-state index contributed by atoms with van der Waals surface area (Å²) >= 11 is 5.27. The molecule has 2 unspecified atom stereocenters. The van der Waals surface area contributed by atoms with Gasteiger partial charge in [0.25, 0.3) is 0 Å². The van der Waals surface area contributed by atoms with Crippen molar-refractivity contribution in [2.75, 3.05) is 13.1 Å². The fourth-order valence-electron chi connectivity index (χ4n) is 2.53. The van der Waals surface area contributed by atoms with Crippen LogP contribution in [0.2, 0.25) is 0 Å². The van der Waals surface area contributed by atoms with Crippen molar-refractivity contribution in [1.29, 1.82) is 0 Å². The van der Waals surface area contributed by atoms with Crippen molar-refractivity contribution in [3.05, 3.63) is 20.8 Å². The molecule has 1 fully saturated rings. The summed E-state index contributed by atoms with van der Waals surface area (Å²) in [5.74, 6) is 0.663. The van der Waals surface area contributed by atoms with Crippen LogP contribution in [-0.2, 0) is 4.74 Å². The zero-order valence-electron chi connectivity index (χ0n) is 10.6. The van der Waals surface area contributed by atoms with Crippen LogP contribution >= 0.6 is 27.3 Å². The molecule has 1 aromatic rings. The van der Waals surface area contributed by atoms with Gasteiger partial charge in [0.15, 0.2) is 0 Å². The van der Waals surface area contributed by atoms with E-state index in [1.165, 1.54) is 4.88 Å². The van der Waals surface area contributed by atoms with Crippen LogP contribution in [0.5, 0.6) is 0 Å². The molecule has 0 radical (unpaired) electrons. The maximum absolute atomic E-state index is 6.31. The van der Waals surface area contributed by atoms with E-state index in [1.54, 1.807) is 11.3 Å². The van der Waals surface area contributed by atoms with Crippen molar-refractivity contribution in [3.8, 4) is 0 Å². The number of nitrogens with one attached hydrogen (secondary N) is 1. The third kappa shape index (κ3) is 3.53. The van der Waals surface area contributed by atoms with Gasteiger partial charge in [-0.3, -0.25) is 0 Å². The molecule has 0 saturated carbocycles. The molecule has 0 bridgehead atoms. The van der Waals surface area contributed by atoms with Gasteiger partial charge >= 0.3 is 0 Å². The standard InChI is InChI=1S/C13H20BrNOS/c1-9(2)5-13(3)8-15-6-11(16-13)12-4-10(14)7-17-12/h4,7,9,11,15H,5-6,8H2,1-3H3. The molecule has 4 heteroatoms. The Morgan fingerprint density at radius 2 is 2.41 bits per heavy atom. The number of halogens is 1. The molecule has 1 aliphatic heterocycles. The third-order valence-electron chi connectivity index (χ3n) is 3.00. The number of morpholine rings is 1. The highest BCUT2D eigenvalue weighted by atomic mass is 79.9. The summed E-state index contributed by atoms with van der Waals surface area (Å²) in [6.45, 7) is 8.59. The van der Waals surface area contributed by atoms with Crippen LogP contribution in [0.4, 0.5) is 0 Å². The molecule has 0 aliphatic carbocycles. The molecule has 2 atom stereocenters. The summed E-state index contributed by atoms with van der Waals surface area (Å²) < 4.78 is 7.46. The van der Waals surface area contributed by atoms with Crippen LogP contribution in [0.15, 0.2) is 15.9 Å². The second kappa shape index (κ2) is 5.39. The van der Waals surface area contributed by atoms with Crippen molar-refractivity contribution < 1.29 is 4.74 Å². The Bertz CT molecular complexity index is 379. The van der Waals surface area contributed by atoms with Crippen LogP contribution in [0.25, 0.3) is 0 Å². The van der Waals surface area contributed by atoms with E-state index in [0.717, 1.165) is 24.0 Å². The first kappa shape index (κ1) is 13.5. The Balaban J connectivity index is 2.06. The minimum absolute atomic E-state index is 0.0342. The van der Waals surface area contributed by atoms with Gasteiger partial charge in [0.05, 0.1) is 5.60 Å². The van der Waals surface area contributed by atoms with Gasteiger partial charge in [-0.1, -0.05) is 13.8 Å². The highest BCUT2D eigenvalue weighted by Crippen LogP contribution is 2.35. The Labute approximate surface area is 116 Å². The van der Waals surface area contributed by atoms with Gasteiger partial charge in [0.1, 0.15) is 6.10 Å². The van der Waals surface area contributed by atoms with E-state index in [4.69, 9.17) is 4.74 Å². The summed E-state index contributed by atoms with van der Waals surface area (Å²) in [6.07, 6.45) is 1.30. The molecule has 1 saturated heterocycles. The molecule has 1 aromatic heterocycles. The Kier molecular flexibility index (Phi) is 4.29. The number of thiophene rings is 1. The monoisotopic (exact) mass is 317 g/mol. The normalized spacial score (nSPS) is 29.8. The highest BCUT2D eigenvalue weighted by Gasteiger charge is 2.34. The molecule has 0 spiro atoms. The summed E-state index contributed by atoms with van der Waals surface area (Å²) in [5, 5.41) is 5.62. The summed E-state index contributed by atoms with van der Waals surface area (Å²) in [7, 11) is 0. The van der Waals surface area contributed by atoms with Crippen molar-refractivity contribution in [2.45, 2.75) is 38.9 Å². The van der Waals surface area contributed by atoms with Crippen LogP contribution in [0.3, 0.4) is 0 Å². The lowest BCUT2D eigenvalue weighted by Gasteiger charge is -2.40. The molecule has 1 N–H and O–H groups in total. The zero-order valence-corrected chi connectivity index (χ0v) is 13.0. The number of hydrogen-bond acceptors (Lipinski definition) is 3. The van der Waals surface area contributed by atoms with Gasteiger partial charge < -0.3 is 10.1 Å². The summed E-state index contributed by atoms with van der Waals surface area (Å²) in [6, 6.07) is 2.16. The smallest absolute Gasteiger partial charge is 0.105 e. The SMILES string of the molecule is CC(C)CC1(C)CNCC(c2cc(Br)cs2)O1. The largest absolute Gasteiger partial charge is 0.364 e. The van der Waals surface area contributed by atoms with Crippen LogP contribution < -0.4 is 5.32 Å². The molecule has 17 heavy (non-hydrogen) atoms. The second-order valence-corrected chi connectivity index (χ2v) is 7.31. The Morgan fingerprint density at radius 3 is 3.00 bits per heavy atom. The van der Waals surface area contributed by atoms with E-state index in [2.05, 4.69) is 53.5 Å². The van der Waals surface area contributed by atoms with Crippen molar-refractivity contribution in [1.82, 2.24) is 5.32 Å². The minimum Gasteiger partial charge on any atom is -0.364 e. The van der Waals surface area contributed by atoms with Gasteiger partial charge in [-0.05, 0) is 41.3 Å². The van der Waals surface area contributed by atoms with Crippen LogP contribution in [-0.4, -0.2) is 18.7 Å². The predicted molar refractivity (Wildman–Crippen MR) is 76.6 cm³/mol. The van der Waals surface area contributed by atoms with Gasteiger partial charge in [-0.15, -0.1) is 11.3 Å². The zero-order chi connectivity index (χ0) is 12.5. The third-order valence-corrected chi connectivity index (χ3v) is 4.79. The topological polar surface area (TPSA) is 21.3 Å². The summed E-state index contributed by atoms with van der Waals surface area (Å²) in [5.41, 5.74) is -0.0342. The van der Waals surface area contributed by atoms with Gasteiger partial charge in [-0.2, -0.15) is 0 Å². The molecule has 2 nitrogen and oxygen atoms in total. The average molecular weight is 318 g/mol. The van der Waals surface area contributed by atoms with Crippen molar-refractivity contribution in [3.63, 3.8) is 0 Å². The van der Waals surface area contributed by atoms with E-state index >= 15 is 0 Å². The molecule has 96 valence electrons. The van der Waals surface area contributed by atoms with Gasteiger partial charge in [-0.25, -0.2) is 0 Å². The fraction of sp³-hybridized carbons (Fsp3) is 0.692. The Morgan fingerprint density at radius 1 is 1.65 bits per heavy atom. The highest BCUT2D eigenvalue weighted by molar-refractivity contribution is 9.10. The first-order valence-corrected chi connectivity index (χ1v) is 7.78. The van der Waals surface area contributed by atoms with Crippen molar-refractivity contribution >= 4 is 27.3 Å². The van der Waals surface area contributed by atoms with Crippen molar-refractivity contribution in [2.24, 2.45) is 5.92 Å². The lowest BCUT2D eigenvalue weighted by Crippen LogP contribution is -2.49. The predicted octanol–water partition coefficient (Wildman–Crippen LogP) is 3.98. The molecule has 1 aliphatic rings. The van der Waals surface area contributed by atoms with Gasteiger partial charge in [0.2, 0.25) is 0 Å². The molecule has 2 rings (SSSR count). The van der Waals surface area contributed by atoms with E-state index in [-0.39, 0.29) is 11.7 Å². The lowest BCUT2D eigenvalue weighted by atomic mass is 9.92. The van der Waals surface area contributed by atoms with E-state index in [1.807, 2.05) is 0 Å². The first-order chi connectivity index (χ1) is 7.98. The average Bonchev–Trinajstić information content (AvgIpc) is 2.63. The second-order valence-electron chi connectivity index (χ2n) is 5.45. The molecule has 0 amide bonds. The quantitative estimate of drug-likeness (QED) is 0.910. The minimum atomic E-state index is -0.0342. The molecule has 2 heterocycles. The van der Waals surface area contributed by atoms with E-state index in [0.29, 0.717) is 5.92 Å². The fourth-order valence-corrected chi connectivity index (χ4v) is 4.01. The number of hydrogen-bond donors (Lipinski definition) is 1. The maximum atomic E-state index is 6.31. The Hall–Kier alpha value is 0.1000. The van der Waals surface area contributed by atoms with Crippen LogP contribution in [0.1, 0.15) is 38.2 Å². The number of ether oxygens (including phenoxy) is 1. The number of rotatable bonds is 3. The van der Waals surface area contributed by atoms with Gasteiger partial charge in [0, 0.05) is 27.8 Å². The first-order valence-electron chi connectivity index (χ1n) is 6.11. The molecule has 0 aromatic carbocycles.